The highest BCUT2D eigenvalue weighted by Gasteiger charge is 2.49. The predicted molar refractivity (Wildman–Crippen MR) is 181 cm³/mol. The summed E-state index contributed by atoms with van der Waals surface area (Å²) in [6.45, 7) is 3.84. The average Bonchev–Trinajstić information content (AvgIpc) is 3.42. The zero-order chi connectivity index (χ0) is 33.6. The van der Waals surface area contributed by atoms with E-state index in [2.05, 4.69) is 28.1 Å². The summed E-state index contributed by atoms with van der Waals surface area (Å²) in [4.78, 5) is 39.5. The zero-order valence-electron chi connectivity index (χ0n) is 26.8. The lowest BCUT2D eigenvalue weighted by molar-refractivity contribution is -0.133. The number of aliphatic hydroxyl groups is 1. The molecule has 0 saturated heterocycles. The number of amides is 3. The van der Waals surface area contributed by atoms with Crippen molar-refractivity contribution in [2.75, 3.05) is 42.9 Å². The molecule has 12 heteroatoms. The second-order valence-electron chi connectivity index (χ2n) is 12.1. The van der Waals surface area contributed by atoms with Crippen LogP contribution in [-0.4, -0.2) is 66.7 Å². The molecule has 3 amide bonds. The Balaban J connectivity index is 1.37. The van der Waals surface area contributed by atoms with Crippen molar-refractivity contribution in [2.45, 2.75) is 51.0 Å². The number of benzene rings is 3. The lowest BCUT2D eigenvalue weighted by atomic mass is 9.77. The second kappa shape index (κ2) is 15.2. The highest BCUT2D eigenvalue weighted by molar-refractivity contribution is 7.98. The summed E-state index contributed by atoms with van der Waals surface area (Å²) in [5.41, 5.74) is 10.0. The summed E-state index contributed by atoms with van der Waals surface area (Å²) >= 11 is 1.56. The van der Waals surface area contributed by atoms with E-state index in [1.54, 1.807) is 30.0 Å². The first-order valence-electron chi connectivity index (χ1n) is 15.7. The normalized spacial score (nSPS) is 17.2. The monoisotopic (exact) mass is 662 g/mol. The van der Waals surface area contributed by atoms with Gasteiger partial charge in [-0.25, -0.2) is 0 Å². The van der Waals surface area contributed by atoms with Crippen molar-refractivity contribution in [3.8, 4) is 11.5 Å². The van der Waals surface area contributed by atoms with Gasteiger partial charge in [-0.3, -0.25) is 14.4 Å². The highest BCUT2D eigenvalue weighted by Crippen LogP contribution is 2.56. The number of carbonyl (C=O) groups excluding carboxylic acids is 3. The SMILES string of the molecule is CSCC[C@H](NC(=O)[C@H](CC(C)C)NC(=O)COCCO)C(=O)Nc1ccc2c(c1)Oc1cc(N)ccc1C21OCc2ccccc21. The largest absolute Gasteiger partial charge is 0.456 e. The number of rotatable bonds is 14. The number of ether oxygens (including phenoxy) is 3. The van der Waals surface area contributed by atoms with Crippen LogP contribution < -0.4 is 26.4 Å². The molecule has 11 nitrogen and oxygen atoms in total. The van der Waals surface area contributed by atoms with Crippen molar-refractivity contribution < 1.29 is 33.7 Å². The fourth-order valence-electron chi connectivity index (χ4n) is 6.03. The number of anilines is 2. The standard InChI is InChI=1S/C35H42N4O7S/c1-21(2)16-29(38-32(41)20-44-14-13-40)34(43)39-28(12-15-47-3)33(42)37-24-9-11-27-31(18-24)46-30-17-23(36)8-10-26(30)35(27)25-7-5-4-6-22(25)19-45-35/h4-11,17-18,21,28-29,40H,12-16,19-20,36H2,1-3H3,(H,37,42)(H,38,41)(H,39,43)/t28-,29-,35?/m0/s1. The molecule has 1 unspecified atom stereocenters. The Morgan fingerprint density at radius 1 is 0.979 bits per heavy atom. The maximum absolute atomic E-state index is 13.7. The van der Waals surface area contributed by atoms with Gasteiger partial charge >= 0.3 is 0 Å². The molecule has 2 heterocycles. The van der Waals surface area contributed by atoms with E-state index in [4.69, 9.17) is 25.1 Å². The number of hydrogen-bond donors (Lipinski definition) is 5. The molecule has 250 valence electrons. The Morgan fingerprint density at radius 3 is 2.47 bits per heavy atom. The fraction of sp³-hybridized carbons (Fsp3) is 0.400. The van der Waals surface area contributed by atoms with Gasteiger partial charge in [0, 0.05) is 34.6 Å². The predicted octanol–water partition coefficient (Wildman–Crippen LogP) is 3.91. The summed E-state index contributed by atoms with van der Waals surface area (Å²) in [6, 6.07) is 17.4. The first kappa shape index (κ1) is 34.2. The van der Waals surface area contributed by atoms with Crippen LogP contribution in [0.3, 0.4) is 0 Å². The third kappa shape index (κ3) is 7.57. The van der Waals surface area contributed by atoms with E-state index in [0.29, 0.717) is 48.1 Å². The molecule has 0 saturated carbocycles. The molecule has 3 atom stereocenters. The second-order valence-corrected chi connectivity index (χ2v) is 13.0. The summed E-state index contributed by atoms with van der Waals surface area (Å²) in [6.07, 6.45) is 2.67. The molecule has 0 aromatic heterocycles. The molecule has 0 radical (unpaired) electrons. The van der Waals surface area contributed by atoms with E-state index in [1.807, 2.05) is 50.4 Å². The average molecular weight is 663 g/mol. The summed E-state index contributed by atoms with van der Waals surface area (Å²) < 4.78 is 18.1. The number of aliphatic hydroxyl groups excluding tert-OH is 1. The molecular formula is C35H42N4O7S. The molecule has 1 spiro atoms. The van der Waals surface area contributed by atoms with E-state index in [-0.39, 0.29) is 25.7 Å². The minimum atomic E-state index is -0.899. The van der Waals surface area contributed by atoms with Gasteiger partial charge in [-0.1, -0.05) is 38.1 Å². The van der Waals surface area contributed by atoms with Gasteiger partial charge < -0.3 is 41.0 Å². The first-order valence-corrected chi connectivity index (χ1v) is 17.1. The number of carbonyl (C=O) groups is 3. The lowest BCUT2D eigenvalue weighted by Crippen LogP contribution is -2.53. The lowest BCUT2D eigenvalue weighted by Gasteiger charge is -2.37. The molecule has 6 N–H and O–H groups in total. The van der Waals surface area contributed by atoms with Crippen LogP contribution in [0.25, 0.3) is 0 Å². The Bertz CT molecular complexity index is 1620. The molecule has 47 heavy (non-hydrogen) atoms. The van der Waals surface area contributed by atoms with E-state index < -0.39 is 35.4 Å². The fourth-order valence-corrected chi connectivity index (χ4v) is 6.50. The van der Waals surface area contributed by atoms with E-state index in [0.717, 1.165) is 22.3 Å². The van der Waals surface area contributed by atoms with Crippen molar-refractivity contribution in [3.05, 3.63) is 82.9 Å². The molecule has 3 aromatic carbocycles. The molecule has 3 aromatic rings. The highest BCUT2D eigenvalue weighted by atomic mass is 32.2. The minimum Gasteiger partial charge on any atom is -0.456 e. The van der Waals surface area contributed by atoms with Gasteiger partial charge in [-0.15, -0.1) is 0 Å². The Kier molecular flexibility index (Phi) is 11.1. The van der Waals surface area contributed by atoms with Crippen molar-refractivity contribution >= 4 is 40.9 Å². The number of thioether (sulfide) groups is 1. The van der Waals surface area contributed by atoms with E-state index >= 15 is 0 Å². The van der Waals surface area contributed by atoms with E-state index in [9.17, 15) is 14.4 Å². The summed E-state index contributed by atoms with van der Waals surface area (Å²) in [7, 11) is 0. The number of nitrogens with one attached hydrogen (secondary N) is 3. The van der Waals surface area contributed by atoms with Gasteiger partial charge in [0.25, 0.3) is 0 Å². The quantitative estimate of drug-likeness (QED) is 0.127. The Morgan fingerprint density at radius 2 is 1.72 bits per heavy atom. The topological polar surface area (TPSA) is 161 Å². The third-order valence-corrected chi connectivity index (χ3v) is 8.79. The summed E-state index contributed by atoms with van der Waals surface area (Å²) in [5.74, 6) is 0.474. The number of hydrogen-bond acceptors (Lipinski definition) is 9. The minimum absolute atomic E-state index is 0.0149. The van der Waals surface area contributed by atoms with Crippen molar-refractivity contribution in [1.82, 2.24) is 10.6 Å². The van der Waals surface area contributed by atoms with Crippen LogP contribution in [0.15, 0.2) is 60.7 Å². The molecule has 2 aliphatic heterocycles. The van der Waals surface area contributed by atoms with Gasteiger partial charge in [0.2, 0.25) is 17.7 Å². The maximum atomic E-state index is 13.7. The number of fused-ring (bicyclic) bond motifs is 6. The molecule has 0 aliphatic carbocycles. The van der Waals surface area contributed by atoms with Crippen LogP contribution in [0.4, 0.5) is 11.4 Å². The van der Waals surface area contributed by atoms with Crippen LogP contribution in [0.5, 0.6) is 11.5 Å². The third-order valence-electron chi connectivity index (χ3n) is 8.15. The van der Waals surface area contributed by atoms with Crippen molar-refractivity contribution in [3.63, 3.8) is 0 Å². The molecular weight excluding hydrogens is 620 g/mol. The van der Waals surface area contributed by atoms with Crippen molar-refractivity contribution in [1.29, 1.82) is 0 Å². The van der Waals surface area contributed by atoms with Gasteiger partial charge in [-0.2, -0.15) is 11.8 Å². The van der Waals surface area contributed by atoms with Gasteiger partial charge in [-0.05, 0) is 66.2 Å². The zero-order valence-corrected chi connectivity index (χ0v) is 27.7. The number of nitrogens with two attached hydrogens (primary N) is 1. The number of nitrogen functional groups attached to an aromatic ring is 1. The van der Waals surface area contributed by atoms with E-state index in [1.165, 1.54) is 0 Å². The van der Waals surface area contributed by atoms with Crippen LogP contribution in [0.2, 0.25) is 0 Å². The van der Waals surface area contributed by atoms with Crippen LogP contribution in [-0.2, 0) is 36.1 Å². The molecule has 0 fully saturated rings. The molecule has 0 bridgehead atoms. The van der Waals surface area contributed by atoms with Crippen molar-refractivity contribution in [2.24, 2.45) is 5.92 Å². The van der Waals surface area contributed by atoms with Gasteiger partial charge in [0.05, 0.1) is 19.8 Å². The summed E-state index contributed by atoms with van der Waals surface area (Å²) in [5, 5.41) is 17.4. The Labute approximate surface area is 278 Å². The smallest absolute Gasteiger partial charge is 0.246 e. The van der Waals surface area contributed by atoms with Gasteiger partial charge in [0.15, 0.2) is 5.60 Å². The van der Waals surface area contributed by atoms with Crippen LogP contribution in [0.1, 0.15) is 48.9 Å². The molecule has 2 aliphatic rings. The Hall–Kier alpha value is -4.10. The maximum Gasteiger partial charge on any atom is 0.246 e. The van der Waals surface area contributed by atoms with Crippen LogP contribution in [0, 0.1) is 5.92 Å². The van der Waals surface area contributed by atoms with Gasteiger partial charge in [0.1, 0.15) is 30.2 Å². The molecule has 5 rings (SSSR count). The first-order chi connectivity index (χ1) is 22.7. The van der Waals surface area contributed by atoms with Crippen LogP contribution >= 0.6 is 11.8 Å².